The summed E-state index contributed by atoms with van der Waals surface area (Å²) in [7, 11) is 0. The highest BCUT2D eigenvalue weighted by Gasteiger charge is 2.25. The van der Waals surface area contributed by atoms with Crippen molar-refractivity contribution in [2.75, 3.05) is 34.8 Å². The largest absolute Gasteiger partial charge is 0.358 e. The molecule has 7 heteroatoms. The number of urea groups is 1. The van der Waals surface area contributed by atoms with Crippen LogP contribution in [0.3, 0.4) is 0 Å². The summed E-state index contributed by atoms with van der Waals surface area (Å²) >= 11 is 0. The van der Waals surface area contributed by atoms with Crippen LogP contribution in [0.25, 0.3) is 0 Å². The van der Waals surface area contributed by atoms with Gasteiger partial charge in [0.25, 0.3) is 0 Å². The predicted molar refractivity (Wildman–Crippen MR) is 91.1 cm³/mol. The van der Waals surface area contributed by atoms with Crippen molar-refractivity contribution < 1.29 is 9.59 Å². The Kier molecular flexibility index (Phi) is 3.53. The third-order valence-corrected chi connectivity index (χ3v) is 4.20. The summed E-state index contributed by atoms with van der Waals surface area (Å²) < 4.78 is 0. The van der Waals surface area contributed by atoms with Gasteiger partial charge in [-0.1, -0.05) is 18.2 Å². The van der Waals surface area contributed by atoms with Crippen LogP contribution in [0, 0.1) is 0 Å². The standard InChI is InChI=1S/C17H17N5O2/c23-15-11-21(13-4-2-1-3-5-13)10-12-8-14(9-19-16(12)20-15)22-7-6-18-17(22)24/h1-5,8-9H,6-7,10-11H2,(H,18,24)(H,19,20,23). The number of nitrogens with zero attached hydrogens (tertiary/aromatic N) is 3. The van der Waals surface area contributed by atoms with Crippen molar-refractivity contribution in [1.82, 2.24) is 10.3 Å². The number of carbonyl (C=O) groups excluding carboxylic acids is 2. The van der Waals surface area contributed by atoms with E-state index in [0.29, 0.717) is 25.5 Å². The fraction of sp³-hybridized carbons (Fsp3) is 0.235. The minimum Gasteiger partial charge on any atom is -0.358 e. The maximum absolute atomic E-state index is 12.2. The lowest BCUT2D eigenvalue weighted by atomic mass is 10.2. The molecule has 3 amide bonds. The maximum atomic E-state index is 12.2. The van der Waals surface area contributed by atoms with Gasteiger partial charge in [-0.3, -0.25) is 9.69 Å². The van der Waals surface area contributed by atoms with Crippen LogP contribution in [0.4, 0.5) is 22.0 Å². The van der Waals surface area contributed by atoms with Gasteiger partial charge in [-0.15, -0.1) is 0 Å². The van der Waals surface area contributed by atoms with Crippen molar-refractivity contribution in [2.45, 2.75) is 6.54 Å². The van der Waals surface area contributed by atoms with Crippen molar-refractivity contribution in [2.24, 2.45) is 0 Å². The lowest BCUT2D eigenvalue weighted by molar-refractivity contribution is -0.114. The summed E-state index contributed by atoms with van der Waals surface area (Å²) in [6.07, 6.45) is 1.63. The second kappa shape index (κ2) is 5.84. The average molecular weight is 323 g/mol. The molecule has 0 spiro atoms. The highest BCUT2D eigenvalue weighted by molar-refractivity contribution is 5.96. The number of para-hydroxylation sites is 1. The molecule has 0 saturated carbocycles. The molecule has 3 heterocycles. The van der Waals surface area contributed by atoms with E-state index in [-0.39, 0.29) is 18.5 Å². The van der Waals surface area contributed by atoms with Gasteiger partial charge >= 0.3 is 6.03 Å². The third kappa shape index (κ3) is 2.64. The maximum Gasteiger partial charge on any atom is 0.322 e. The Balaban J connectivity index is 1.69. The van der Waals surface area contributed by atoms with Crippen molar-refractivity contribution in [3.05, 3.63) is 48.2 Å². The molecule has 0 atom stereocenters. The molecule has 7 nitrogen and oxygen atoms in total. The molecule has 1 aromatic carbocycles. The Morgan fingerprint density at radius 1 is 1.04 bits per heavy atom. The van der Waals surface area contributed by atoms with E-state index in [2.05, 4.69) is 15.6 Å². The SMILES string of the molecule is O=C1CN(c2ccccc2)Cc2cc(N3CCNC3=O)cnc2N1. The number of benzene rings is 1. The normalized spacial score (nSPS) is 17.2. The van der Waals surface area contributed by atoms with Gasteiger partial charge < -0.3 is 15.5 Å². The Morgan fingerprint density at radius 3 is 2.62 bits per heavy atom. The van der Waals surface area contributed by atoms with Gasteiger partial charge in [-0.25, -0.2) is 9.78 Å². The minimum atomic E-state index is -0.116. The lowest BCUT2D eigenvalue weighted by Gasteiger charge is -2.22. The van der Waals surface area contributed by atoms with Gasteiger partial charge in [0.2, 0.25) is 5.91 Å². The molecule has 2 aliphatic rings. The zero-order chi connectivity index (χ0) is 16.5. The number of hydrogen-bond donors (Lipinski definition) is 2. The molecule has 2 aromatic rings. The van der Waals surface area contributed by atoms with E-state index >= 15 is 0 Å². The Morgan fingerprint density at radius 2 is 1.88 bits per heavy atom. The van der Waals surface area contributed by atoms with Crippen molar-refractivity contribution in [3.8, 4) is 0 Å². The van der Waals surface area contributed by atoms with E-state index in [0.717, 1.165) is 16.9 Å². The number of carbonyl (C=O) groups is 2. The molecule has 122 valence electrons. The number of anilines is 3. The van der Waals surface area contributed by atoms with Gasteiger partial charge in [-0.2, -0.15) is 0 Å². The molecule has 2 N–H and O–H groups in total. The van der Waals surface area contributed by atoms with E-state index in [1.807, 2.05) is 41.3 Å². The zero-order valence-electron chi connectivity index (χ0n) is 13.0. The third-order valence-electron chi connectivity index (χ3n) is 4.20. The summed E-state index contributed by atoms with van der Waals surface area (Å²) in [6.45, 7) is 2.06. The summed E-state index contributed by atoms with van der Waals surface area (Å²) in [4.78, 5) is 32.0. The van der Waals surface area contributed by atoms with Crippen LogP contribution in [-0.2, 0) is 11.3 Å². The smallest absolute Gasteiger partial charge is 0.322 e. The second-order valence-corrected chi connectivity index (χ2v) is 5.82. The molecule has 1 aromatic heterocycles. The van der Waals surface area contributed by atoms with Crippen LogP contribution in [0.15, 0.2) is 42.6 Å². The number of pyridine rings is 1. The van der Waals surface area contributed by atoms with Gasteiger partial charge in [0.1, 0.15) is 5.82 Å². The minimum absolute atomic E-state index is 0.100. The number of fused-ring (bicyclic) bond motifs is 1. The lowest BCUT2D eigenvalue weighted by Crippen LogP contribution is -2.29. The first-order valence-electron chi connectivity index (χ1n) is 7.85. The van der Waals surface area contributed by atoms with Crippen molar-refractivity contribution in [3.63, 3.8) is 0 Å². The predicted octanol–water partition coefficient (Wildman–Crippen LogP) is 1.57. The fourth-order valence-electron chi connectivity index (χ4n) is 3.02. The number of amides is 3. The summed E-state index contributed by atoms with van der Waals surface area (Å²) in [6, 6.07) is 11.6. The Bertz CT molecular complexity index is 793. The van der Waals surface area contributed by atoms with Crippen LogP contribution in [0.1, 0.15) is 5.56 Å². The van der Waals surface area contributed by atoms with Crippen molar-refractivity contribution >= 4 is 29.1 Å². The molecule has 0 bridgehead atoms. The van der Waals surface area contributed by atoms with Crippen LogP contribution < -0.4 is 20.4 Å². The number of nitrogens with one attached hydrogen (secondary N) is 2. The average Bonchev–Trinajstić information content (AvgIpc) is 2.94. The molecule has 1 fully saturated rings. The summed E-state index contributed by atoms with van der Waals surface area (Å²) in [5.41, 5.74) is 2.61. The zero-order valence-corrected chi connectivity index (χ0v) is 13.0. The Hall–Kier alpha value is -3.09. The van der Waals surface area contributed by atoms with Crippen molar-refractivity contribution in [1.29, 1.82) is 0 Å². The molecule has 0 aliphatic carbocycles. The number of aromatic nitrogens is 1. The first-order valence-corrected chi connectivity index (χ1v) is 7.85. The van der Waals surface area contributed by atoms with E-state index in [9.17, 15) is 9.59 Å². The van der Waals surface area contributed by atoms with Crippen LogP contribution in [0.5, 0.6) is 0 Å². The first kappa shape index (κ1) is 14.5. The highest BCUT2D eigenvalue weighted by Crippen LogP contribution is 2.27. The molecular formula is C17H17N5O2. The van der Waals surface area contributed by atoms with E-state index < -0.39 is 0 Å². The molecule has 1 saturated heterocycles. The molecule has 24 heavy (non-hydrogen) atoms. The van der Waals surface area contributed by atoms with E-state index in [4.69, 9.17) is 0 Å². The summed E-state index contributed by atoms with van der Waals surface area (Å²) in [5, 5.41) is 5.62. The van der Waals surface area contributed by atoms with Gasteiger partial charge in [0, 0.05) is 30.9 Å². The topological polar surface area (TPSA) is 77.6 Å². The monoisotopic (exact) mass is 323 g/mol. The molecule has 2 aliphatic heterocycles. The van der Waals surface area contributed by atoms with Gasteiger partial charge in [0.05, 0.1) is 18.4 Å². The number of rotatable bonds is 2. The second-order valence-electron chi connectivity index (χ2n) is 5.82. The molecule has 4 rings (SSSR count). The first-order chi connectivity index (χ1) is 11.7. The van der Waals surface area contributed by atoms with Gasteiger partial charge in [0.15, 0.2) is 0 Å². The van der Waals surface area contributed by atoms with Gasteiger partial charge in [-0.05, 0) is 18.2 Å². The van der Waals surface area contributed by atoms with E-state index in [1.165, 1.54) is 0 Å². The summed E-state index contributed by atoms with van der Waals surface area (Å²) in [5.74, 6) is 0.457. The fourth-order valence-corrected chi connectivity index (χ4v) is 3.02. The Labute approximate surface area is 139 Å². The van der Waals surface area contributed by atoms with Crippen LogP contribution in [-0.4, -0.2) is 36.6 Å². The van der Waals surface area contributed by atoms with Crippen LogP contribution in [0.2, 0.25) is 0 Å². The number of hydrogen-bond acceptors (Lipinski definition) is 4. The highest BCUT2D eigenvalue weighted by atomic mass is 16.2. The van der Waals surface area contributed by atoms with Crippen LogP contribution >= 0.6 is 0 Å². The quantitative estimate of drug-likeness (QED) is 0.879. The molecule has 0 unspecified atom stereocenters. The molecule has 0 radical (unpaired) electrons. The van der Waals surface area contributed by atoms with E-state index in [1.54, 1.807) is 11.1 Å². The molecular weight excluding hydrogens is 306 g/mol.